The van der Waals surface area contributed by atoms with Crippen molar-refractivity contribution in [3.8, 4) is 10.4 Å². The molecule has 0 bridgehead atoms. The Balaban J connectivity index is 0.740. The smallest absolute Gasteiger partial charge is 0.270 e. The predicted octanol–water partition coefficient (Wildman–Crippen LogP) is 8.23. The monoisotopic (exact) mass is 919 g/mol. The number of piperazine rings is 1. The van der Waals surface area contributed by atoms with Gasteiger partial charge in [-0.05, 0) is 86.9 Å². The quantitative estimate of drug-likeness (QED) is 0.0748. The number of aromatic nitrogens is 2. The fourth-order valence-corrected chi connectivity index (χ4v) is 11.6. The zero-order valence-corrected chi connectivity index (χ0v) is 38.9. The number of benzene rings is 3. The van der Waals surface area contributed by atoms with Gasteiger partial charge >= 0.3 is 0 Å². The third-order valence-corrected chi connectivity index (χ3v) is 15.7. The number of nitro groups is 1. The van der Waals surface area contributed by atoms with Crippen molar-refractivity contribution in [2.24, 2.45) is 11.8 Å². The van der Waals surface area contributed by atoms with Crippen LogP contribution in [0.1, 0.15) is 75.4 Å². The Morgan fingerprint density at radius 3 is 2.37 bits per heavy atom. The molecular formula is C48H57N9O6S2. The number of amides is 2. The normalized spacial score (nSPS) is 20.0. The van der Waals surface area contributed by atoms with Crippen molar-refractivity contribution in [1.29, 1.82) is 0 Å². The molecule has 6 heterocycles. The number of nitrogens with zero attached hydrogens (tertiary/aromatic N) is 7. The third-order valence-electron chi connectivity index (χ3n) is 13.6. The number of rotatable bonds is 13. The lowest BCUT2D eigenvalue weighted by atomic mass is 9.91. The number of nitro benzene ring substituents is 1. The fourth-order valence-electron chi connectivity index (χ4n) is 9.71. The molecule has 0 saturated carbocycles. The molecule has 0 aliphatic carbocycles. The van der Waals surface area contributed by atoms with Crippen molar-refractivity contribution < 1.29 is 24.1 Å². The summed E-state index contributed by atoms with van der Waals surface area (Å²) in [7, 11) is 0. The lowest BCUT2D eigenvalue weighted by molar-refractivity contribution is -0.385. The minimum Gasteiger partial charge on any atom is -0.391 e. The van der Waals surface area contributed by atoms with E-state index < -0.39 is 18.1 Å². The summed E-state index contributed by atoms with van der Waals surface area (Å²) in [6.45, 7) is 14.4. The first-order valence-corrected chi connectivity index (χ1v) is 24.4. The molecule has 2 aromatic heterocycles. The van der Waals surface area contributed by atoms with Gasteiger partial charge < -0.3 is 35.0 Å². The lowest BCUT2D eigenvalue weighted by Crippen LogP contribution is -2.48. The highest BCUT2D eigenvalue weighted by atomic mass is 32.2. The van der Waals surface area contributed by atoms with E-state index in [-0.39, 0.29) is 47.4 Å². The van der Waals surface area contributed by atoms with Gasteiger partial charge in [0, 0.05) is 85.9 Å². The number of fused-ring (bicyclic) bond motifs is 2. The number of likely N-dealkylation sites (tertiary alicyclic amines) is 1. The molecule has 3 fully saturated rings. The second-order valence-corrected chi connectivity index (χ2v) is 20.2. The number of non-ortho nitro benzene ring substituents is 1. The number of nitrogens with one attached hydrogen (secondary N) is 2. The van der Waals surface area contributed by atoms with Crippen LogP contribution >= 0.6 is 23.1 Å². The van der Waals surface area contributed by atoms with Crippen LogP contribution in [0.25, 0.3) is 10.4 Å². The fraction of sp³-hybridized carbons (Fsp3) is 0.458. The Bertz CT molecular complexity index is 2510. The molecular weight excluding hydrogens is 863 g/mol. The molecule has 0 spiro atoms. The minimum absolute atomic E-state index is 0.0818. The first-order chi connectivity index (χ1) is 31.4. The summed E-state index contributed by atoms with van der Waals surface area (Å²) < 4.78 is 5.91. The average Bonchev–Trinajstić information content (AvgIpc) is 4.08. The van der Waals surface area contributed by atoms with Crippen molar-refractivity contribution in [3.63, 3.8) is 0 Å². The molecule has 17 heteroatoms. The van der Waals surface area contributed by atoms with E-state index in [9.17, 15) is 24.8 Å². The molecule has 9 rings (SSSR count). The van der Waals surface area contributed by atoms with Gasteiger partial charge in [0.15, 0.2) is 11.6 Å². The molecule has 4 aliphatic heterocycles. The number of carbonyl (C=O) groups is 2. The van der Waals surface area contributed by atoms with Gasteiger partial charge in [0.25, 0.3) is 5.69 Å². The van der Waals surface area contributed by atoms with Gasteiger partial charge in [0.2, 0.25) is 11.8 Å². The largest absolute Gasteiger partial charge is 0.391 e. The van der Waals surface area contributed by atoms with Crippen LogP contribution in [0.4, 0.5) is 28.6 Å². The number of hydrogen-bond donors (Lipinski definition) is 3. The van der Waals surface area contributed by atoms with Crippen molar-refractivity contribution in [2.75, 3.05) is 67.5 Å². The van der Waals surface area contributed by atoms with Crippen LogP contribution in [-0.4, -0.2) is 106 Å². The highest BCUT2D eigenvalue weighted by molar-refractivity contribution is 7.99. The van der Waals surface area contributed by atoms with Crippen molar-refractivity contribution >= 4 is 63.5 Å². The third kappa shape index (κ3) is 9.74. The SMILES string of the molecule is Cc1ncsc1-c1ccc([C@H](C)NC(=O)[C@@H]2C[C@@H](O)CN2C(=O)[C@@H](c2cc(N3CCN(CCC4CCN(c5ccc6c(c5)Sc5cc([N+](=O)[O-])ccc5N6)CC4)CC3)no2)C(C)C)cc1. The van der Waals surface area contributed by atoms with Crippen LogP contribution in [0.3, 0.4) is 0 Å². The molecule has 4 atom stereocenters. The Kier molecular flexibility index (Phi) is 13.2. The van der Waals surface area contributed by atoms with Gasteiger partial charge in [0.05, 0.1) is 44.5 Å². The summed E-state index contributed by atoms with van der Waals surface area (Å²) in [5, 5.41) is 33.1. The molecule has 0 radical (unpaired) electrons. The maximum absolute atomic E-state index is 14.3. The van der Waals surface area contributed by atoms with Crippen LogP contribution in [-0.2, 0) is 9.59 Å². The predicted molar refractivity (Wildman–Crippen MR) is 254 cm³/mol. The first-order valence-electron chi connectivity index (χ1n) is 22.7. The van der Waals surface area contributed by atoms with E-state index in [1.54, 1.807) is 35.2 Å². The first kappa shape index (κ1) is 44.7. The van der Waals surface area contributed by atoms with E-state index in [2.05, 4.69) is 53.7 Å². The second-order valence-electron chi connectivity index (χ2n) is 18.2. The van der Waals surface area contributed by atoms with E-state index in [1.807, 2.05) is 63.5 Å². The number of aliphatic hydroxyl groups excluding tert-OH is 1. The van der Waals surface area contributed by atoms with Crippen molar-refractivity contribution in [3.05, 3.63) is 99.4 Å². The summed E-state index contributed by atoms with van der Waals surface area (Å²) in [5.74, 6) is 0.533. The molecule has 4 aliphatic rings. The van der Waals surface area contributed by atoms with Gasteiger partial charge in [-0.25, -0.2) is 4.98 Å². The summed E-state index contributed by atoms with van der Waals surface area (Å²) in [5.41, 5.74) is 8.05. The number of aliphatic hydroxyl groups is 1. The van der Waals surface area contributed by atoms with Gasteiger partial charge in [-0.1, -0.05) is 55.0 Å². The van der Waals surface area contributed by atoms with E-state index in [0.717, 1.165) is 108 Å². The van der Waals surface area contributed by atoms with Crippen LogP contribution < -0.4 is 20.4 Å². The molecule has 342 valence electrons. The van der Waals surface area contributed by atoms with E-state index in [0.29, 0.717) is 17.5 Å². The Hall–Kier alpha value is -5.49. The number of β-amino-alcohol motifs (C(OH)–C–C–N with tert-alkyl or cyclic N) is 1. The van der Waals surface area contributed by atoms with Crippen LogP contribution in [0.15, 0.2) is 86.6 Å². The summed E-state index contributed by atoms with van der Waals surface area (Å²) >= 11 is 3.18. The summed E-state index contributed by atoms with van der Waals surface area (Å²) in [6, 6.07) is 20.3. The number of anilines is 4. The maximum atomic E-state index is 14.3. The van der Waals surface area contributed by atoms with Gasteiger partial charge in [-0.3, -0.25) is 24.6 Å². The zero-order valence-electron chi connectivity index (χ0n) is 37.3. The molecule has 3 saturated heterocycles. The number of thiazole rings is 1. The number of carbonyl (C=O) groups excluding carboxylic acids is 2. The Morgan fingerprint density at radius 1 is 0.954 bits per heavy atom. The van der Waals surface area contributed by atoms with Crippen molar-refractivity contribution in [2.45, 2.75) is 87.3 Å². The van der Waals surface area contributed by atoms with Gasteiger partial charge in [-0.15, -0.1) is 11.3 Å². The van der Waals surface area contributed by atoms with E-state index >= 15 is 0 Å². The minimum atomic E-state index is -0.803. The molecule has 2 amide bonds. The zero-order chi connectivity index (χ0) is 45.4. The van der Waals surface area contributed by atoms with Crippen molar-refractivity contribution in [1.82, 2.24) is 25.3 Å². The number of piperidine rings is 1. The van der Waals surface area contributed by atoms with Crippen LogP contribution in [0, 0.1) is 28.9 Å². The lowest BCUT2D eigenvalue weighted by Gasteiger charge is -2.37. The van der Waals surface area contributed by atoms with E-state index in [1.165, 1.54) is 16.7 Å². The van der Waals surface area contributed by atoms with Gasteiger partial charge in [0.1, 0.15) is 12.0 Å². The molecule has 65 heavy (non-hydrogen) atoms. The number of hydrogen-bond acceptors (Lipinski definition) is 14. The molecule has 5 aromatic rings. The van der Waals surface area contributed by atoms with Gasteiger partial charge in [-0.2, -0.15) is 0 Å². The molecule has 15 nitrogen and oxygen atoms in total. The summed E-state index contributed by atoms with van der Waals surface area (Å²) in [6.07, 6.45) is 2.80. The molecule has 3 aromatic carbocycles. The van der Waals surface area contributed by atoms with Crippen LogP contribution in [0.2, 0.25) is 0 Å². The average molecular weight is 920 g/mol. The number of aryl methyl sites for hydroxylation is 1. The maximum Gasteiger partial charge on any atom is 0.270 e. The van der Waals surface area contributed by atoms with Crippen LogP contribution in [0.5, 0.6) is 0 Å². The topological polar surface area (TPSA) is 173 Å². The Morgan fingerprint density at radius 2 is 1.68 bits per heavy atom. The standard InChI is InChI=1S/C48H57N9O6S2/c1-29(2)45(48(60)56-27-37(58)25-40(56)47(59)50-30(3)33-5-7-34(8-6-33)46-31(4)49-28-64-46)41-26-44(52-63-41)55-21-19-53(20-22-55)16-13-32-14-17-54(18-15-32)35-9-11-38-42(23-35)65-43-24-36(57(61)62)10-12-39(43)51-38/h5-12,23-24,26,28-30,32,37,40,45,51,58H,13-22,25,27H2,1-4H3,(H,50,59)/t30-,37+,40-,45+/m0/s1. The summed E-state index contributed by atoms with van der Waals surface area (Å²) in [4.78, 5) is 55.2. The molecule has 0 unspecified atom stereocenters. The van der Waals surface area contributed by atoms with E-state index in [4.69, 9.17) is 4.52 Å². The Labute approximate surface area is 387 Å². The second kappa shape index (κ2) is 19.2. The molecule has 3 N–H and O–H groups in total. The highest BCUT2D eigenvalue weighted by Crippen LogP contribution is 2.47. The highest BCUT2D eigenvalue weighted by Gasteiger charge is 2.44.